The Morgan fingerprint density at radius 1 is 1.29 bits per heavy atom. The molecule has 0 radical (unpaired) electrons. The molecule has 0 aromatic heterocycles. The summed E-state index contributed by atoms with van der Waals surface area (Å²) in [5.74, 6) is -2.42. The minimum Gasteiger partial charge on any atom is -0.488 e. The molecule has 0 fully saturated rings. The van der Waals surface area contributed by atoms with Gasteiger partial charge in [0, 0.05) is 11.6 Å². The van der Waals surface area contributed by atoms with Gasteiger partial charge in [-0.05, 0) is 34.1 Å². The number of hydrogen-bond donors (Lipinski definition) is 1. The highest BCUT2D eigenvalue weighted by atomic mass is 79.9. The molecule has 0 unspecified atom stereocenters. The molecule has 3 nitrogen and oxygen atoms in total. The number of hydrogen-bond acceptors (Lipinski definition) is 2. The zero-order valence-corrected chi connectivity index (χ0v) is 12.7. The lowest BCUT2D eigenvalue weighted by atomic mass is 10.1. The van der Waals surface area contributed by atoms with Gasteiger partial charge in [-0.25, -0.2) is 13.6 Å². The largest absolute Gasteiger partial charge is 0.488 e. The molecule has 0 saturated heterocycles. The lowest BCUT2D eigenvalue weighted by Gasteiger charge is -2.11. The van der Waals surface area contributed by atoms with Crippen molar-refractivity contribution in [2.45, 2.75) is 6.61 Å². The van der Waals surface area contributed by atoms with Gasteiger partial charge in [0.25, 0.3) is 0 Å². The molecule has 0 aliphatic rings. The lowest BCUT2D eigenvalue weighted by molar-refractivity contribution is 0.0693. The molecule has 0 aliphatic heterocycles. The molecule has 0 atom stereocenters. The average Bonchev–Trinajstić information content (AvgIpc) is 2.42. The van der Waals surface area contributed by atoms with Gasteiger partial charge < -0.3 is 9.84 Å². The number of carbonyl (C=O) groups is 1. The summed E-state index contributed by atoms with van der Waals surface area (Å²) in [4.78, 5) is 11.0. The van der Waals surface area contributed by atoms with Gasteiger partial charge in [-0.15, -0.1) is 0 Å². The number of benzene rings is 2. The fourth-order valence-electron chi connectivity index (χ4n) is 1.64. The highest BCUT2D eigenvalue weighted by Crippen LogP contribution is 2.31. The normalized spacial score (nSPS) is 10.5. The Hall–Kier alpha value is -1.66. The SMILES string of the molecule is O=C(O)c1cc(F)ccc1COc1cc(F)c(Cl)cc1Br. The zero-order valence-electron chi connectivity index (χ0n) is 10.4. The molecule has 0 bridgehead atoms. The van der Waals surface area contributed by atoms with Gasteiger partial charge in [0.2, 0.25) is 0 Å². The topological polar surface area (TPSA) is 46.5 Å². The van der Waals surface area contributed by atoms with Gasteiger partial charge in [-0.3, -0.25) is 0 Å². The van der Waals surface area contributed by atoms with E-state index in [0.717, 1.165) is 18.2 Å². The summed E-state index contributed by atoms with van der Waals surface area (Å²) in [6.07, 6.45) is 0. The van der Waals surface area contributed by atoms with Crippen molar-refractivity contribution in [3.8, 4) is 5.75 Å². The maximum absolute atomic E-state index is 13.4. The zero-order chi connectivity index (χ0) is 15.6. The summed E-state index contributed by atoms with van der Waals surface area (Å²) < 4.78 is 32.2. The van der Waals surface area contributed by atoms with Crippen molar-refractivity contribution >= 4 is 33.5 Å². The summed E-state index contributed by atoms with van der Waals surface area (Å²) >= 11 is 8.77. The van der Waals surface area contributed by atoms with E-state index in [1.807, 2.05) is 0 Å². The predicted octanol–water partition coefficient (Wildman–Crippen LogP) is 4.66. The van der Waals surface area contributed by atoms with Crippen LogP contribution in [0.5, 0.6) is 5.75 Å². The maximum Gasteiger partial charge on any atom is 0.336 e. The van der Waals surface area contributed by atoms with Gasteiger partial charge in [0.15, 0.2) is 0 Å². The number of carboxylic acids is 1. The molecule has 2 aromatic rings. The van der Waals surface area contributed by atoms with Gasteiger partial charge in [-0.2, -0.15) is 0 Å². The lowest BCUT2D eigenvalue weighted by Crippen LogP contribution is -2.06. The Labute approximate surface area is 132 Å². The van der Waals surface area contributed by atoms with E-state index in [0.29, 0.717) is 4.47 Å². The fraction of sp³-hybridized carbons (Fsp3) is 0.0714. The minimum atomic E-state index is -1.27. The first-order valence-electron chi connectivity index (χ1n) is 5.67. The third kappa shape index (κ3) is 3.71. The standard InChI is InChI=1S/C14H8BrClF2O3/c15-10-4-11(16)12(18)5-13(10)21-6-7-1-2-8(17)3-9(7)14(19)20/h1-5H,6H2,(H,19,20). The number of halogens is 4. The Kier molecular flexibility index (Phi) is 4.80. The van der Waals surface area contributed by atoms with Crippen molar-refractivity contribution in [3.05, 3.63) is 62.6 Å². The van der Waals surface area contributed by atoms with Crippen LogP contribution in [0.4, 0.5) is 8.78 Å². The van der Waals surface area contributed by atoms with Crippen LogP contribution >= 0.6 is 27.5 Å². The van der Waals surface area contributed by atoms with Gasteiger partial charge in [0.1, 0.15) is 24.0 Å². The Balaban J connectivity index is 2.25. The van der Waals surface area contributed by atoms with E-state index >= 15 is 0 Å². The highest BCUT2D eigenvalue weighted by molar-refractivity contribution is 9.10. The van der Waals surface area contributed by atoms with Crippen LogP contribution in [0.25, 0.3) is 0 Å². The third-order valence-corrected chi connectivity index (χ3v) is 3.57. The molecule has 21 heavy (non-hydrogen) atoms. The van der Waals surface area contributed by atoms with Crippen molar-refractivity contribution in [3.63, 3.8) is 0 Å². The van der Waals surface area contributed by atoms with Crippen LogP contribution in [0.3, 0.4) is 0 Å². The first-order chi connectivity index (χ1) is 9.88. The minimum absolute atomic E-state index is 0.0674. The maximum atomic E-state index is 13.4. The number of rotatable bonds is 4. The molecule has 7 heteroatoms. The molecule has 0 aliphatic carbocycles. The van der Waals surface area contributed by atoms with Crippen molar-refractivity contribution in [2.24, 2.45) is 0 Å². The second-order valence-electron chi connectivity index (χ2n) is 4.09. The van der Waals surface area contributed by atoms with Gasteiger partial charge in [0.05, 0.1) is 15.1 Å². The first-order valence-corrected chi connectivity index (χ1v) is 6.84. The molecule has 1 N–H and O–H groups in total. The van der Waals surface area contributed by atoms with Crippen molar-refractivity contribution < 1.29 is 23.4 Å². The van der Waals surface area contributed by atoms with E-state index in [9.17, 15) is 13.6 Å². The van der Waals surface area contributed by atoms with Crippen LogP contribution < -0.4 is 4.74 Å². The quantitative estimate of drug-likeness (QED) is 0.789. The summed E-state index contributed by atoms with van der Waals surface area (Å²) in [6.45, 7) is -0.151. The van der Waals surface area contributed by atoms with E-state index in [2.05, 4.69) is 15.9 Å². The van der Waals surface area contributed by atoms with E-state index < -0.39 is 17.6 Å². The van der Waals surface area contributed by atoms with Crippen LogP contribution in [-0.4, -0.2) is 11.1 Å². The predicted molar refractivity (Wildman–Crippen MR) is 76.8 cm³/mol. The molecule has 110 valence electrons. The second kappa shape index (κ2) is 6.41. The summed E-state index contributed by atoms with van der Waals surface area (Å²) in [6, 6.07) is 5.74. The molecule has 0 amide bonds. The summed E-state index contributed by atoms with van der Waals surface area (Å²) in [7, 11) is 0. The number of aromatic carboxylic acids is 1. The number of carboxylic acid groups (broad SMARTS) is 1. The third-order valence-electron chi connectivity index (χ3n) is 2.66. The van der Waals surface area contributed by atoms with Gasteiger partial charge >= 0.3 is 5.97 Å². The Morgan fingerprint density at radius 3 is 2.67 bits per heavy atom. The van der Waals surface area contributed by atoms with Crippen molar-refractivity contribution in [1.82, 2.24) is 0 Å². The van der Waals surface area contributed by atoms with Crippen LogP contribution in [0, 0.1) is 11.6 Å². The van der Waals surface area contributed by atoms with Crippen LogP contribution in [0.1, 0.15) is 15.9 Å². The summed E-state index contributed by atoms with van der Waals surface area (Å²) in [5, 5.41) is 8.95. The fourth-order valence-corrected chi connectivity index (χ4v) is 2.40. The molecule has 0 spiro atoms. The second-order valence-corrected chi connectivity index (χ2v) is 5.35. The van der Waals surface area contributed by atoms with E-state index in [4.69, 9.17) is 21.4 Å². The molecular formula is C14H8BrClF2O3. The monoisotopic (exact) mass is 376 g/mol. The Bertz CT molecular complexity index is 707. The van der Waals surface area contributed by atoms with Crippen LogP contribution in [0.15, 0.2) is 34.8 Å². The molecule has 0 saturated carbocycles. The molecule has 0 heterocycles. The highest BCUT2D eigenvalue weighted by Gasteiger charge is 2.13. The van der Waals surface area contributed by atoms with Crippen LogP contribution in [0.2, 0.25) is 5.02 Å². The molecule has 2 aromatic carbocycles. The van der Waals surface area contributed by atoms with E-state index in [-0.39, 0.29) is 28.5 Å². The van der Waals surface area contributed by atoms with E-state index in [1.165, 1.54) is 12.1 Å². The van der Waals surface area contributed by atoms with Gasteiger partial charge in [-0.1, -0.05) is 17.7 Å². The van der Waals surface area contributed by atoms with Crippen molar-refractivity contribution in [2.75, 3.05) is 0 Å². The Morgan fingerprint density at radius 2 is 2.00 bits per heavy atom. The molecular weight excluding hydrogens is 370 g/mol. The number of ether oxygens (including phenoxy) is 1. The molecule has 2 rings (SSSR count). The van der Waals surface area contributed by atoms with Crippen molar-refractivity contribution in [1.29, 1.82) is 0 Å². The van der Waals surface area contributed by atoms with E-state index in [1.54, 1.807) is 0 Å². The smallest absolute Gasteiger partial charge is 0.336 e. The van der Waals surface area contributed by atoms with Crippen LogP contribution in [-0.2, 0) is 6.61 Å². The summed E-state index contributed by atoms with van der Waals surface area (Å²) in [5.41, 5.74) is 0.0618. The first kappa shape index (κ1) is 15.7. The average molecular weight is 378 g/mol.